The van der Waals surface area contributed by atoms with Crippen LogP contribution < -0.4 is 4.74 Å². The van der Waals surface area contributed by atoms with Crippen LogP contribution in [0.4, 0.5) is 8.78 Å². The largest absolute Gasteiger partial charge is 0.506 e. The van der Waals surface area contributed by atoms with Gasteiger partial charge in [0.05, 0.1) is 15.1 Å². The van der Waals surface area contributed by atoms with E-state index in [0.717, 1.165) is 12.1 Å². The van der Waals surface area contributed by atoms with Gasteiger partial charge in [0.1, 0.15) is 23.9 Å². The summed E-state index contributed by atoms with van der Waals surface area (Å²) in [6.45, 7) is -0.112. The number of rotatable bonds is 4. The van der Waals surface area contributed by atoms with Gasteiger partial charge in [-0.15, -0.1) is 10.2 Å². The van der Waals surface area contributed by atoms with Crippen molar-refractivity contribution in [2.75, 3.05) is 0 Å². The summed E-state index contributed by atoms with van der Waals surface area (Å²) >= 11 is 6.48. The highest BCUT2D eigenvalue weighted by Gasteiger charge is 2.10. The molecule has 0 aliphatic heterocycles. The van der Waals surface area contributed by atoms with Crippen molar-refractivity contribution in [1.82, 2.24) is 15.2 Å². The van der Waals surface area contributed by atoms with Gasteiger partial charge in [-0.25, -0.2) is 13.8 Å². The molecule has 5 nitrogen and oxygen atoms in total. The molecule has 1 N–H and O–H groups in total. The van der Waals surface area contributed by atoms with Crippen molar-refractivity contribution in [3.63, 3.8) is 0 Å². The maximum Gasteiger partial charge on any atom is 0.188 e. The molecule has 0 radical (unpaired) electrons. The summed E-state index contributed by atoms with van der Waals surface area (Å²) in [7, 11) is 0. The molecule has 0 atom stereocenters. The summed E-state index contributed by atoms with van der Waals surface area (Å²) in [5.41, 5.74) is 1.17. The quantitative estimate of drug-likeness (QED) is 0.599. The molecule has 0 aliphatic rings. The van der Waals surface area contributed by atoms with Gasteiger partial charge in [-0.05, 0) is 56.1 Å². The zero-order valence-corrected chi connectivity index (χ0v) is 15.6. The fourth-order valence-corrected chi connectivity index (χ4v) is 3.13. The Hall–Kier alpha value is -2.13. The molecule has 0 aliphatic carbocycles. The SMILES string of the molecule is Oc1c(Br)cc(-c2cnc(COc3ccc(F)cc3F)nn2)cc1Br. The maximum absolute atomic E-state index is 13.5. The molecule has 0 bridgehead atoms. The van der Waals surface area contributed by atoms with Gasteiger partial charge < -0.3 is 9.84 Å². The standard InChI is InChI=1S/C16H9Br2F2N3O2/c17-10-3-8(4-11(18)16(10)24)13-6-21-15(23-22-13)7-25-14-2-1-9(19)5-12(14)20/h1-6,24H,7H2. The highest BCUT2D eigenvalue weighted by molar-refractivity contribution is 9.11. The zero-order chi connectivity index (χ0) is 18.0. The molecular weight excluding hydrogens is 464 g/mol. The van der Waals surface area contributed by atoms with Crippen LogP contribution in [0.15, 0.2) is 45.5 Å². The normalized spacial score (nSPS) is 10.7. The molecule has 2 aromatic carbocycles. The van der Waals surface area contributed by atoms with Crippen molar-refractivity contribution in [2.24, 2.45) is 0 Å². The molecule has 0 amide bonds. The topological polar surface area (TPSA) is 68.1 Å². The van der Waals surface area contributed by atoms with E-state index in [9.17, 15) is 13.9 Å². The Labute approximate surface area is 158 Å². The van der Waals surface area contributed by atoms with E-state index in [-0.39, 0.29) is 23.9 Å². The molecule has 9 heteroatoms. The minimum absolute atomic E-state index is 0.0796. The van der Waals surface area contributed by atoms with Crippen LogP contribution in [0.25, 0.3) is 11.3 Å². The number of hydrogen-bond donors (Lipinski definition) is 1. The second-order valence-electron chi connectivity index (χ2n) is 4.91. The molecule has 1 aromatic heterocycles. The van der Waals surface area contributed by atoms with Gasteiger partial charge in [-0.1, -0.05) is 0 Å². The highest BCUT2D eigenvalue weighted by Crippen LogP contribution is 2.36. The van der Waals surface area contributed by atoms with Gasteiger partial charge in [0.2, 0.25) is 0 Å². The van der Waals surface area contributed by atoms with Gasteiger partial charge in [0, 0.05) is 11.6 Å². The van der Waals surface area contributed by atoms with E-state index in [0.29, 0.717) is 20.2 Å². The summed E-state index contributed by atoms with van der Waals surface area (Å²) in [5.74, 6) is -1.26. The summed E-state index contributed by atoms with van der Waals surface area (Å²) in [6, 6.07) is 6.38. The van der Waals surface area contributed by atoms with Crippen LogP contribution in [-0.2, 0) is 6.61 Å². The van der Waals surface area contributed by atoms with E-state index >= 15 is 0 Å². The molecule has 1 heterocycles. The minimum Gasteiger partial charge on any atom is -0.506 e. The number of halogens is 4. The average Bonchev–Trinajstić information content (AvgIpc) is 2.59. The van der Waals surface area contributed by atoms with E-state index in [1.807, 2.05) is 0 Å². The van der Waals surface area contributed by atoms with Gasteiger partial charge in [-0.3, -0.25) is 0 Å². The average molecular weight is 473 g/mol. The van der Waals surface area contributed by atoms with Crippen molar-refractivity contribution in [1.29, 1.82) is 0 Å². The van der Waals surface area contributed by atoms with Gasteiger partial charge in [-0.2, -0.15) is 0 Å². The lowest BCUT2D eigenvalue weighted by atomic mass is 10.1. The molecule has 0 fully saturated rings. The van der Waals surface area contributed by atoms with E-state index in [4.69, 9.17) is 4.74 Å². The third kappa shape index (κ3) is 4.10. The van der Waals surface area contributed by atoms with Gasteiger partial charge >= 0.3 is 0 Å². The lowest BCUT2D eigenvalue weighted by Crippen LogP contribution is -2.04. The second-order valence-corrected chi connectivity index (χ2v) is 6.62. The fraction of sp³-hybridized carbons (Fsp3) is 0.0625. The molecule has 25 heavy (non-hydrogen) atoms. The lowest BCUT2D eigenvalue weighted by Gasteiger charge is -2.07. The summed E-state index contributed by atoms with van der Waals surface area (Å²) in [5, 5.41) is 17.7. The molecule has 0 saturated heterocycles. The van der Waals surface area contributed by atoms with Crippen molar-refractivity contribution in [2.45, 2.75) is 6.61 Å². The van der Waals surface area contributed by atoms with Crippen molar-refractivity contribution >= 4 is 31.9 Å². The van der Waals surface area contributed by atoms with Crippen LogP contribution in [0.3, 0.4) is 0 Å². The minimum atomic E-state index is -0.802. The fourth-order valence-electron chi connectivity index (χ4n) is 1.95. The Bertz CT molecular complexity index is 901. The first-order valence-corrected chi connectivity index (χ1v) is 8.47. The number of phenolic OH excluding ortho intramolecular Hbond substituents is 1. The van der Waals surface area contributed by atoms with Gasteiger partial charge in [0.25, 0.3) is 0 Å². The van der Waals surface area contributed by atoms with Crippen molar-refractivity contribution in [3.8, 4) is 22.8 Å². The van der Waals surface area contributed by atoms with E-state index in [1.54, 1.807) is 12.1 Å². The maximum atomic E-state index is 13.5. The van der Waals surface area contributed by atoms with Crippen molar-refractivity contribution < 1.29 is 18.6 Å². The van der Waals surface area contributed by atoms with E-state index in [1.165, 1.54) is 12.3 Å². The number of ether oxygens (including phenoxy) is 1. The Morgan fingerprint density at radius 2 is 1.76 bits per heavy atom. The van der Waals surface area contributed by atoms with Gasteiger partial charge in [0.15, 0.2) is 17.4 Å². The first-order valence-electron chi connectivity index (χ1n) is 6.89. The summed E-state index contributed by atoms with van der Waals surface area (Å²) in [4.78, 5) is 4.11. The van der Waals surface area contributed by atoms with Crippen LogP contribution in [0.5, 0.6) is 11.5 Å². The smallest absolute Gasteiger partial charge is 0.188 e. The molecule has 128 valence electrons. The van der Waals surface area contributed by atoms with Crippen LogP contribution in [0.2, 0.25) is 0 Å². The monoisotopic (exact) mass is 471 g/mol. The van der Waals surface area contributed by atoms with Crippen LogP contribution >= 0.6 is 31.9 Å². The number of nitrogens with zero attached hydrogens (tertiary/aromatic N) is 3. The van der Waals surface area contributed by atoms with Crippen LogP contribution in [0.1, 0.15) is 5.82 Å². The Balaban J connectivity index is 1.74. The van der Waals surface area contributed by atoms with E-state index in [2.05, 4.69) is 47.0 Å². The number of aromatic nitrogens is 3. The third-order valence-electron chi connectivity index (χ3n) is 3.17. The zero-order valence-electron chi connectivity index (χ0n) is 12.4. The Kier molecular flexibility index (Phi) is 5.24. The van der Waals surface area contributed by atoms with Crippen molar-refractivity contribution in [3.05, 3.63) is 62.9 Å². The summed E-state index contributed by atoms with van der Waals surface area (Å²) < 4.78 is 32.6. The predicted molar refractivity (Wildman–Crippen MR) is 93.0 cm³/mol. The molecular formula is C16H9Br2F2N3O2. The number of phenols is 1. The molecule has 0 saturated carbocycles. The first kappa shape index (κ1) is 17.7. The summed E-state index contributed by atoms with van der Waals surface area (Å²) in [6.07, 6.45) is 1.48. The Morgan fingerprint density at radius 3 is 2.36 bits per heavy atom. The van der Waals surface area contributed by atoms with Crippen LogP contribution in [0, 0.1) is 11.6 Å². The number of hydrogen-bond acceptors (Lipinski definition) is 5. The molecule has 0 unspecified atom stereocenters. The second kappa shape index (κ2) is 7.40. The predicted octanol–water partition coefficient (Wildman–Crippen LogP) is 4.63. The lowest BCUT2D eigenvalue weighted by molar-refractivity contribution is 0.278. The molecule has 3 rings (SSSR count). The Morgan fingerprint density at radius 1 is 1.04 bits per heavy atom. The number of aromatic hydroxyl groups is 1. The highest BCUT2D eigenvalue weighted by atomic mass is 79.9. The first-order chi connectivity index (χ1) is 11.9. The van der Waals surface area contributed by atoms with E-state index < -0.39 is 11.6 Å². The third-order valence-corrected chi connectivity index (χ3v) is 4.38. The van der Waals surface area contributed by atoms with Crippen LogP contribution in [-0.4, -0.2) is 20.3 Å². The molecule has 0 spiro atoms. The molecule has 3 aromatic rings. The number of benzene rings is 2.